The van der Waals surface area contributed by atoms with E-state index in [0.29, 0.717) is 10.0 Å². The molecule has 1 aliphatic rings. The summed E-state index contributed by atoms with van der Waals surface area (Å²) in [5.74, 6) is -0.604. The SMILES string of the molecule is CC(C)c1cc(C2(C)CC2)c(Br)c(F)c1O. The van der Waals surface area contributed by atoms with E-state index >= 15 is 0 Å². The Morgan fingerprint density at radius 2 is 2.00 bits per heavy atom. The van der Waals surface area contributed by atoms with Crippen LogP contribution in [-0.4, -0.2) is 5.11 Å². The summed E-state index contributed by atoms with van der Waals surface area (Å²) in [5, 5.41) is 9.75. The lowest BCUT2D eigenvalue weighted by Gasteiger charge is -2.17. The van der Waals surface area contributed by atoms with E-state index in [1.165, 1.54) is 0 Å². The van der Waals surface area contributed by atoms with Crippen LogP contribution < -0.4 is 0 Å². The van der Waals surface area contributed by atoms with Crippen molar-refractivity contribution in [3.63, 3.8) is 0 Å². The van der Waals surface area contributed by atoms with Gasteiger partial charge in [-0.25, -0.2) is 4.39 Å². The molecule has 0 spiro atoms. The maximum absolute atomic E-state index is 13.9. The van der Waals surface area contributed by atoms with Gasteiger partial charge in [0.05, 0.1) is 4.47 Å². The molecule has 0 radical (unpaired) electrons. The van der Waals surface area contributed by atoms with Crippen LogP contribution in [0.2, 0.25) is 0 Å². The van der Waals surface area contributed by atoms with Crippen molar-refractivity contribution in [3.8, 4) is 5.75 Å². The molecule has 0 aliphatic heterocycles. The second kappa shape index (κ2) is 3.73. The Labute approximate surface area is 104 Å². The highest BCUT2D eigenvalue weighted by molar-refractivity contribution is 9.10. The number of phenolic OH excluding ortho intramolecular Hbond substituents is 1. The molecular weight excluding hydrogens is 271 g/mol. The van der Waals surface area contributed by atoms with Crippen LogP contribution in [0.15, 0.2) is 10.5 Å². The van der Waals surface area contributed by atoms with Gasteiger partial charge in [-0.3, -0.25) is 0 Å². The lowest BCUT2D eigenvalue weighted by Crippen LogP contribution is -2.05. The molecule has 1 fully saturated rings. The quantitative estimate of drug-likeness (QED) is 0.851. The van der Waals surface area contributed by atoms with Crippen LogP contribution in [0.3, 0.4) is 0 Å². The number of hydrogen-bond acceptors (Lipinski definition) is 1. The fourth-order valence-corrected chi connectivity index (χ4v) is 2.75. The van der Waals surface area contributed by atoms with E-state index < -0.39 is 5.82 Å². The Balaban J connectivity index is 2.62. The summed E-state index contributed by atoms with van der Waals surface area (Å²) in [6, 6.07) is 1.94. The third-order valence-corrected chi connectivity index (χ3v) is 4.26. The Kier molecular flexibility index (Phi) is 2.77. The van der Waals surface area contributed by atoms with E-state index in [-0.39, 0.29) is 17.1 Å². The number of rotatable bonds is 2. The Morgan fingerprint density at radius 3 is 2.44 bits per heavy atom. The van der Waals surface area contributed by atoms with E-state index in [1.807, 2.05) is 19.9 Å². The second-order valence-electron chi connectivity index (χ2n) is 5.21. The van der Waals surface area contributed by atoms with Crippen LogP contribution in [-0.2, 0) is 5.41 Å². The smallest absolute Gasteiger partial charge is 0.179 e. The van der Waals surface area contributed by atoms with E-state index in [1.54, 1.807) is 0 Å². The molecule has 0 aromatic heterocycles. The predicted molar refractivity (Wildman–Crippen MR) is 66.4 cm³/mol. The van der Waals surface area contributed by atoms with Gasteiger partial charge in [-0.05, 0) is 57.3 Å². The minimum absolute atomic E-state index is 0.0943. The number of benzene rings is 1. The summed E-state index contributed by atoms with van der Waals surface area (Å²) in [7, 11) is 0. The van der Waals surface area contributed by atoms with Gasteiger partial charge in [0.2, 0.25) is 0 Å². The van der Waals surface area contributed by atoms with Crippen LogP contribution in [0.5, 0.6) is 5.75 Å². The average Bonchev–Trinajstić information content (AvgIpc) is 2.93. The fraction of sp³-hybridized carbons (Fsp3) is 0.538. The van der Waals surface area contributed by atoms with Gasteiger partial charge in [0.1, 0.15) is 0 Å². The molecule has 0 saturated heterocycles. The van der Waals surface area contributed by atoms with Gasteiger partial charge in [-0.1, -0.05) is 20.8 Å². The van der Waals surface area contributed by atoms with Gasteiger partial charge < -0.3 is 5.11 Å². The van der Waals surface area contributed by atoms with Crippen molar-refractivity contribution >= 4 is 15.9 Å². The van der Waals surface area contributed by atoms with Crippen molar-refractivity contribution in [2.45, 2.75) is 44.9 Å². The first-order valence-corrected chi connectivity index (χ1v) is 6.37. The lowest BCUT2D eigenvalue weighted by molar-refractivity contribution is 0.419. The summed E-state index contributed by atoms with van der Waals surface area (Å²) < 4.78 is 14.3. The zero-order chi connectivity index (χ0) is 12.1. The van der Waals surface area contributed by atoms with Crippen molar-refractivity contribution in [2.24, 2.45) is 0 Å². The highest BCUT2D eigenvalue weighted by Gasteiger charge is 2.41. The molecule has 0 heterocycles. The van der Waals surface area contributed by atoms with Gasteiger partial charge in [-0.2, -0.15) is 0 Å². The number of halogens is 2. The first kappa shape index (κ1) is 11.9. The first-order chi connectivity index (χ1) is 7.37. The van der Waals surface area contributed by atoms with Crippen LogP contribution in [0.1, 0.15) is 50.7 Å². The Bertz CT molecular complexity index is 436. The van der Waals surface area contributed by atoms with E-state index in [0.717, 1.165) is 18.4 Å². The first-order valence-electron chi connectivity index (χ1n) is 5.58. The average molecular weight is 287 g/mol. The van der Waals surface area contributed by atoms with Crippen LogP contribution in [0.25, 0.3) is 0 Å². The largest absolute Gasteiger partial charge is 0.505 e. The van der Waals surface area contributed by atoms with Crippen molar-refractivity contribution < 1.29 is 9.50 Å². The molecule has 1 saturated carbocycles. The zero-order valence-corrected chi connectivity index (χ0v) is 11.4. The summed E-state index contributed by atoms with van der Waals surface area (Å²) in [6.45, 7) is 6.05. The molecule has 1 aromatic rings. The highest BCUT2D eigenvalue weighted by Crippen LogP contribution is 2.52. The molecule has 0 bridgehead atoms. The van der Waals surface area contributed by atoms with Gasteiger partial charge in [0.15, 0.2) is 11.6 Å². The van der Waals surface area contributed by atoms with Crippen molar-refractivity contribution in [1.82, 2.24) is 0 Å². The molecule has 0 atom stereocenters. The molecule has 1 aromatic carbocycles. The summed E-state index contributed by atoms with van der Waals surface area (Å²) >= 11 is 3.26. The second-order valence-corrected chi connectivity index (χ2v) is 6.00. The van der Waals surface area contributed by atoms with E-state index in [9.17, 15) is 9.50 Å². The van der Waals surface area contributed by atoms with Crippen LogP contribution >= 0.6 is 15.9 Å². The van der Waals surface area contributed by atoms with Gasteiger partial charge in [-0.15, -0.1) is 0 Å². The molecule has 0 unspecified atom stereocenters. The lowest BCUT2D eigenvalue weighted by atomic mass is 9.92. The molecule has 1 aliphatic carbocycles. The summed E-state index contributed by atoms with van der Waals surface area (Å²) in [5.41, 5.74) is 1.78. The van der Waals surface area contributed by atoms with Crippen LogP contribution in [0, 0.1) is 5.82 Å². The van der Waals surface area contributed by atoms with Crippen molar-refractivity contribution in [1.29, 1.82) is 0 Å². The normalized spacial score (nSPS) is 17.9. The molecular formula is C13H16BrFO. The number of phenols is 1. The van der Waals surface area contributed by atoms with Gasteiger partial charge >= 0.3 is 0 Å². The molecule has 1 nitrogen and oxygen atoms in total. The predicted octanol–water partition coefficient (Wildman–Crippen LogP) is 4.47. The Morgan fingerprint density at radius 1 is 1.44 bits per heavy atom. The van der Waals surface area contributed by atoms with E-state index in [4.69, 9.17) is 0 Å². The third kappa shape index (κ3) is 1.75. The molecule has 3 heteroatoms. The van der Waals surface area contributed by atoms with E-state index in [2.05, 4.69) is 22.9 Å². The zero-order valence-electron chi connectivity index (χ0n) is 9.77. The standard InChI is InChI=1S/C13H16BrFO/c1-7(2)8-6-9(13(3)4-5-13)10(14)11(15)12(8)16/h6-7,16H,4-5H2,1-3H3. The molecule has 88 valence electrons. The topological polar surface area (TPSA) is 20.2 Å². The maximum atomic E-state index is 13.9. The fourth-order valence-electron chi connectivity index (χ4n) is 1.97. The van der Waals surface area contributed by atoms with Crippen LogP contribution in [0.4, 0.5) is 4.39 Å². The van der Waals surface area contributed by atoms with Crippen molar-refractivity contribution in [2.75, 3.05) is 0 Å². The highest BCUT2D eigenvalue weighted by atomic mass is 79.9. The third-order valence-electron chi connectivity index (χ3n) is 3.48. The summed E-state index contributed by atoms with van der Waals surface area (Å²) in [6.07, 6.45) is 2.18. The molecule has 1 N–H and O–H groups in total. The minimum atomic E-state index is -0.519. The van der Waals surface area contributed by atoms with Crippen molar-refractivity contribution in [3.05, 3.63) is 27.5 Å². The number of hydrogen-bond donors (Lipinski definition) is 1. The molecule has 16 heavy (non-hydrogen) atoms. The summed E-state index contributed by atoms with van der Waals surface area (Å²) in [4.78, 5) is 0. The monoisotopic (exact) mass is 286 g/mol. The maximum Gasteiger partial charge on any atom is 0.179 e. The van der Waals surface area contributed by atoms with Gasteiger partial charge in [0.25, 0.3) is 0 Å². The molecule has 0 amide bonds. The Hall–Kier alpha value is -0.570. The molecule has 2 rings (SSSR count). The van der Waals surface area contributed by atoms with Gasteiger partial charge in [0, 0.05) is 0 Å². The minimum Gasteiger partial charge on any atom is -0.505 e. The number of aromatic hydroxyl groups is 1.